The average Bonchev–Trinajstić information content (AvgIpc) is 3.07. The number of aromatic nitrogens is 2. The molecule has 0 radical (unpaired) electrons. The molecule has 1 heterocycles. The van der Waals surface area contributed by atoms with Crippen LogP contribution in [0.15, 0.2) is 60.7 Å². The van der Waals surface area contributed by atoms with Crippen molar-refractivity contribution in [2.75, 3.05) is 0 Å². The predicted molar refractivity (Wildman–Crippen MR) is 108 cm³/mol. The smallest absolute Gasteiger partial charge is 0.337 e. The molecule has 0 fully saturated rings. The maximum absolute atomic E-state index is 12.4. The molecular weight excluding hydrogens is 336 g/mol. The Bertz CT molecular complexity index is 969. The lowest BCUT2D eigenvalue weighted by molar-refractivity contribution is -0.129. The fraction of sp³-hybridized carbons (Fsp3) is 0.217. The van der Waals surface area contributed by atoms with Crippen molar-refractivity contribution in [2.24, 2.45) is 0 Å². The van der Waals surface area contributed by atoms with Gasteiger partial charge in [-0.1, -0.05) is 56.3 Å². The molecule has 0 aliphatic rings. The molecular formula is C23H24N2O2. The van der Waals surface area contributed by atoms with Crippen LogP contribution in [0.5, 0.6) is 5.88 Å². The standard InChI is InChI=1S/C23H24N2O2/c1-16(2)20-15-22(25(24-20)21-12-8-9-17(3)18(21)4)27-23(26)14-13-19-10-6-5-7-11-19/h5-16H,1-4H3/b14-13+. The van der Waals surface area contributed by atoms with Gasteiger partial charge in [0, 0.05) is 12.1 Å². The van der Waals surface area contributed by atoms with E-state index in [4.69, 9.17) is 4.74 Å². The van der Waals surface area contributed by atoms with E-state index in [1.54, 1.807) is 10.8 Å². The number of ether oxygens (including phenoxy) is 1. The number of hydrogen-bond donors (Lipinski definition) is 0. The minimum Gasteiger partial charge on any atom is -0.404 e. The first-order chi connectivity index (χ1) is 13.0. The van der Waals surface area contributed by atoms with Gasteiger partial charge in [-0.3, -0.25) is 0 Å². The Morgan fingerprint density at radius 1 is 1.07 bits per heavy atom. The molecule has 0 unspecified atom stereocenters. The summed E-state index contributed by atoms with van der Waals surface area (Å²) < 4.78 is 7.34. The lowest BCUT2D eigenvalue weighted by Crippen LogP contribution is -2.09. The van der Waals surface area contributed by atoms with E-state index in [1.807, 2.05) is 55.5 Å². The summed E-state index contributed by atoms with van der Waals surface area (Å²) in [4.78, 5) is 12.4. The summed E-state index contributed by atoms with van der Waals surface area (Å²) in [7, 11) is 0. The van der Waals surface area contributed by atoms with Crippen molar-refractivity contribution < 1.29 is 9.53 Å². The zero-order valence-corrected chi connectivity index (χ0v) is 16.1. The van der Waals surface area contributed by atoms with E-state index in [2.05, 4.69) is 31.9 Å². The van der Waals surface area contributed by atoms with Crippen LogP contribution in [-0.4, -0.2) is 15.7 Å². The van der Waals surface area contributed by atoms with Crippen LogP contribution >= 0.6 is 0 Å². The summed E-state index contributed by atoms with van der Waals surface area (Å²) in [6.07, 6.45) is 3.18. The summed E-state index contributed by atoms with van der Waals surface area (Å²) in [6, 6.07) is 17.5. The van der Waals surface area contributed by atoms with Crippen LogP contribution in [0.2, 0.25) is 0 Å². The van der Waals surface area contributed by atoms with Crippen LogP contribution < -0.4 is 4.74 Å². The summed E-state index contributed by atoms with van der Waals surface area (Å²) >= 11 is 0. The van der Waals surface area contributed by atoms with Crippen LogP contribution in [0.1, 0.15) is 42.1 Å². The van der Waals surface area contributed by atoms with Crippen LogP contribution in [0, 0.1) is 13.8 Å². The highest BCUT2D eigenvalue weighted by molar-refractivity contribution is 5.88. The molecule has 138 valence electrons. The van der Waals surface area contributed by atoms with Crippen molar-refractivity contribution >= 4 is 12.0 Å². The second-order valence-corrected chi connectivity index (χ2v) is 6.86. The van der Waals surface area contributed by atoms with Gasteiger partial charge in [-0.15, -0.1) is 0 Å². The summed E-state index contributed by atoms with van der Waals surface area (Å²) in [6.45, 7) is 8.23. The molecule has 0 saturated heterocycles. The van der Waals surface area contributed by atoms with Gasteiger partial charge in [-0.25, -0.2) is 9.48 Å². The highest BCUT2D eigenvalue weighted by atomic mass is 16.5. The van der Waals surface area contributed by atoms with Gasteiger partial charge in [0.15, 0.2) is 0 Å². The van der Waals surface area contributed by atoms with Gasteiger partial charge in [-0.2, -0.15) is 5.10 Å². The highest BCUT2D eigenvalue weighted by Crippen LogP contribution is 2.27. The average molecular weight is 360 g/mol. The first kappa shape index (κ1) is 18.6. The Hall–Kier alpha value is -3.14. The van der Waals surface area contributed by atoms with Gasteiger partial charge in [0.2, 0.25) is 5.88 Å². The van der Waals surface area contributed by atoms with Crippen molar-refractivity contribution in [3.8, 4) is 11.6 Å². The Kier molecular flexibility index (Phi) is 5.55. The minimum atomic E-state index is -0.430. The second kappa shape index (κ2) is 8.04. The van der Waals surface area contributed by atoms with Gasteiger partial charge in [0.1, 0.15) is 0 Å². The molecule has 27 heavy (non-hydrogen) atoms. The molecule has 3 rings (SSSR count). The molecule has 0 N–H and O–H groups in total. The van der Waals surface area contributed by atoms with Crippen molar-refractivity contribution in [3.63, 3.8) is 0 Å². The van der Waals surface area contributed by atoms with Crippen LogP contribution in [0.4, 0.5) is 0 Å². The second-order valence-electron chi connectivity index (χ2n) is 6.86. The van der Waals surface area contributed by atoms with E-state index in [9.17, 15) is 4.79 Å². The van der Waals surface area contributed by atoms with Crippen LogP contribution in [-0.2, 0) is 4.79 Å². The lowest BCUT2D eigenvalue weighted by Gasteiger charge is -2.11. The maximum atomic E-state index is 12.4. The van der Waals surface area contributed by atoms with Gasteiger partial charge < -0.3 is 4.74 Å². The number of carbonyl (C=O) groups is 1. The van der Waals surface area contributed by atoms with Gasteiger partial charge in [0.25, 0.3) is 0 Å². The van der Waals surface area contributed by atoms with Gasteiger partial charge >= 0.3 is 5.97 Å². The van der Waals surface area contributed by atoms with E-state index >= 15 is 0 Å². The Labute approximate surface area is 160 Å². The quantitative estimate of drug-likeness (QED) is 0.462. The largest absolute Gasteiger partial charge is 0.404 e. The van der Waals surface area contributed by atoms with Crippen molar-refractivity contribution in [1.82, 2.24) is 9.78 Å². The zero-order chi connectivity index (χ0) is 19.4. The lowest BCUT2D eigenvalue weighted by atomic mass is 10.1. The predicted octanol–water partition coefficient (Wildman–Crippen LogP) is 5.23. The first-order valence-corrected chi connectivity index (χ1v) is 9.07. The molecule has 2 aromatic carbocycles. The van der Waals surface area contributed by atoms with Gasteiger partial charge in [-0.05, 0) is 48.6 Å². The molecule has 4 heteroatoms. The number of carbonyl (C=O) groups excluding carboxylic acids is 1. The SMILES string of the molecule is Cc1cccc(-n2nc(C(C)C)cc2OC(=O)/C=C/c2ccccc2)c1C. The number of benzene rings is 2. The molecule has 1 aromatic heterocycles. The molecule has 0 spiro atoms. The highest BCUT2D eigenvalue weighted by Gasteiger charge is 2.17. The van der Waals surface area contributed by atoms with Crippen molar-refractivity contribution in [2.45, 2.75) is 33.6 Å². The molecule has 0 atom stereocenters. The number of esters is 1. The van der Waals surface area contributed by atoms with Crippen LogP contribution in [0.25, 0.3) is 11.8 Å². The number of nitrogens with zero attached hydrogens (tertiary/aromatic N) is 2. The van der Waals surface area contributed by atoms with E-state index in [0.29, 0.717) is 5.88 Å². The molecule has 0 aliphatic heterocycles. The Morgan fingerprint density at radius 3 is 2.52 bits per heavy atom. The fourth-order valence-electron chi connectivity index (χ4n) is 2.74. The topological polar surface area (TPSA) is 44.1 Å². The molecule has 0 amide bonds. The zero-order valence-electron chi connectivity index (χ0n) is 16.1. The van der Waals surface area contributed by atoms with Gasteiger partial charge in [0.05, 0.1) is 11.4 Å². The first-order valence-electron chi connectivity index (χ1n) is 9.07. The third-order valence-electron chi connectivity index (χ3n) is 4.51. The molecule has 0 bridgehead atoms. The third-order valence-corrected chi connectivity index (χ3v) is 4.51. The number of hydrogen-bond acceptors (Lipinski definition) is 3. The monoisotopic (exact) mass is 360 g/mol. The van der Waals surface area contributed by atoms with Crippen molar-refractivity contribution in [1.29, 1.82) is 0 Å². The number of aryl methyl sites for hydroxylation is 1. The summed E-state index contributed by atoms with van der Waals surface area (Å²) in [5.41, 5.74) is 5.01. The summed E-state index contributed by atoms with van der Waals surface area (Å²) in [5.74, 6) is 0.226. The maximum Gasteiger partial charge on any atom is 0.337 e. The van der Waals surface area contributed by atoms with E-state index in [1.165, 1.54) is 6.08 Å². The fourth-order valence-corrected chi connectivity index (χ4v) is 2.74. The number of rotatable bonds is 5. The normalized spacial score (nSPS) is 11.3. The molecule has 0 aliphatic carbocycles. The Balaban J connectivity index is 1.91. The van der Waals surface area contributed by atoms with E-state index in [-0.39, 0.29) is 5.92 Å². The van der Waals surface area contributed by atoms with E-state index in [0.717, 1.165) is 28.1 Å². The van der Waals surface area contributed by atoms with Crippen molar-refractivity contribution in [3.05, 3.63) is 83.1 Å². The third kappa shape index (κ3) is 4.34. The Morgan fingerprint density at radius 2 is 1.81 bits per heavy atom. The van der Waals surface area contributed by atoms with E-state index < -0.39 is 5.97 Å². The molecule has 0 saturated carbocycles. The molecule has 3 aromatic rings. The minimum absolute atomic E-state index is 0.230. The van der Waals surface area contributed by atoms with Crippen LogP contribution in [0.3, 0.4) is 0 Å². The molecule has 4 nitrogen and oxygen atoms in total. The summed E-state index contributed by atoms with van der Waals surface area (Å²) in [5, 5.41) is 4.67.